The van der Waals surface area contributed by atoms with Crippen LogP contribution in [0, 0.1) is 5.82 Å². The molecule has 24 heavy (non-hydrogen) atoms. The molecule has 1 saturated carbocycles. The molecule has 0 bridgehead atoms. The van der Waals surface area contributed by atoms with Crippen LogP contribution in [-0.4, -0.2) is 20.9 Å². The van der Waals surface area contributed by atoms with E-state index in [0.29, 0.717) is 21.9 Å². The highest BCUT2D eigenvalue weighted by molar-refractivity contribution is 6.31. The van der Waals surface area contributed by atoms with Crippen molar-refractivity contribution in [2.45, 2.75) is 24.8 Å². The third-order valence-corrected chi connectivity index (χ3v) is 5.10. The molecule has 1 spiro atoms. The number of hydrogen-bond donors (Lipinski definition) is 1. The van der Waals surface area contributed by atoms with E-state index in [9.17, 15) is 9.18 Å². The van der Waals surface area contributed by atoms with Crippen molar-refractivity contribution in [2.24, 2.45) is 0 Å². The number of imidazole rings is 1. The Kier molecular flexibility index (Phi) is 2.63. The number of aromatic amines is 1. The van der Waals surface area contributed by atoms with Crippen LogP contribution in [-0.2, 0) is 16.8 Å². The summed E-state index contributed by atoms with van der Waals surface area (Å²) in [7, 11) is 0. The number of rotatable bonds is 2. The number of fused-ring (bicyclic) bond motifs is 3. The van der Waals surface area contributed by atoms with E-state index in [1.54, 1.807) is 23.4 Å². The lowest BCUT2D eigenvalue weighted by Crippen LogP contribution is -2.31. The van der Waals surface area contributed by atoms with Crippen LogP contribution in [0.2, 0.25) is 5.02 Å². The summed E-state index contributed by atoms with van der Waals surface area (Å²) < 4.78 is 14.0. The lowest BCUT2D eigenvalue weighted by Gasteiger charge is -2.16. The van der Waals surface area contributed by atoms with Crippen molar-refractivity contribution in [2.75, 3.05) is 4.90 Å². The van der Waals surface area contributed by atoms with Crippen LogP contribution in [0.25, 0.3) is 11.0 Å². The van der Waals surface area contributed by atoms with Gasteiger partial charge in [-0.15, -0.1) is 0 Å². The molecule has 1 aliphatic heterocycles. The molecule has 0 unspecified atom stereocenters. The molecule has 1 fully saturated rings. The Bertz CT molecular complexity index is 1010. The van der Waals surface area contributed by atoms with Gasteiger partial charge in [-0.3, -0.25) is 9.78 Å². The van der Waals surface area contributed by atoms with Crippen molar-refractivity contribution in [3.63, 3.8) is 0 Å². The summed E-state index contributed by atoms with van der Waals surface area (Å²) in [5, 5.41) is 0.293. The zero-order chi connectivity index (χ0) is 16.5. The summed E-state index contributed by atoms with van der Waals surface area (Å²) in [6.45, 7) is 0.255. The Balaban J connectivity index is 1.57. The predicted molar refractivity (Wildman–Crippen MR) is 87.4 cm³/mol. The molecular formula is C17H12ClFN4O. The van der Waals surface area contributed by atoms with E-state index in [0.717, 1.165) is 24.1 Å². The summed E-state index contributed by atoms with van der Waals surface area (Å²) >= 11 is 5.87. The van der Waals surface area contributed by atoms with Crippen molar-refractivity contribution >= 4 is 34.2 Å². The van der Waals surface area contributed by atoms with Gasteiger partial charge in [0.15, 0.2) is 0 Å². The van der Waals surface area contributed by atoms with Crippen LogP contribution in [0.15, 0.2) is 30.6 Å². The zero-order valence-electron chi connectivity index (χ0n) is 12.5. The maximum atomic E-state index is 14.0. The first-order chi connectivity index (χ1) is 11.6. The van der Waals surface area contributed by atoms with Crippen LogP contribution in [0.1, 0.15) is 24.2 Å². The normalized spacial score (nSPS) is 17.8. The van der Waals surface area contributed by atoms with Gasteiger partial charge >= 0.3 is 0 Å². The molecule has 2 aromatic heterocycles. The number of carbonyl (C=O) groups is 1. The second-order valence-corrected chi connectivity index (χ2v) is 6.77. The molecule has 1 aromatic carbocycles. The van der Waals surface area contributed by atoms with E-state index >= 15 is 0 Å². The van der Waals surface area contributed by atoms with Crippen LogP contribution < -0.4 is 4.90 Å². The first kappa shape index (κ1) is 13.9. The second kappa shape index (κ2) is 4.54. The molecule has 1 N–H and O–H groups in total. The molecule has 3 heterocycles. The molecular weight excluding hydrogens is 331 g/mol. The average molecular weight is 343 g/mol. The number of anilines is 1. The van der Waals surface area contributed by atoms with Crippen LogP contribution >= 0.6 is 11.6 Å². The Hall–Kier alpha value is -2.47. The number of H-pyrrole nitrogens is 1. The number of hydrogen-bond acceptors (Lipinski definition) is 3. The minimum Gasteiger partial charge on any atom is -0.338 e. The summed E-state index contributed by atoms with van der Waals surface area (Å²) in [6, 6.07) is 4.76. The molecule has 0 radical (unpaired) electrons. The van der Waals surface area contributed by atoms with Gasteiger partial charge in [0, 0.05) is 11.2 Å². The third-order valence-electron chi connectivity index (χ3n) is 4.88. The minimum atomic E-state index is -0.454. The summed E-state index contributed by atoms with van der Waals surface area (Å²) in [6.07, 6.45) is 5.15. The topological polar surface area (TPSA) is 61.9 Å². The van der Waals surface area contributed by atoms with Crippen LogP contribution in [0.3, 0.4) is 0 Å². The average Bonchev–Trinajstić information content (AvgIpc) is 3.21. The summed E-state index contributed by atoms with van der Waals surface area (Å²) in [5.41, 5.74) is 2.23. The zero-order valence-corrected chi connectivity index (χ0v) is 13.3. The maximum absolute atomic E-state index is 14.0. The third kappa shape index (κ3) is 1.77. The van der Waals surface area contributed by atoms with Gasteiger partial charge in [-0.1, -0.05) is 11.6 Å². The molecule has 5 rings (SSSR count). The number of pyridine rings is 1. The molecule has 3 aromatic rings. The van der Waals surface area contributed by atoms with Crippen LogP contribution in [0.4, 0.5) is 10.1 Å². The summed E-state index contributed by atoms with van der Waals surface area (Å²) in [5.74, 6) is 0.140. The Morgan fingerprint density at radius 3 is 3.00 bits per heavy atom. The quantitative estimate of drug-likeness (QED) is 0.777. The Morgan fingerprint density at radius 2 is 2.21 bits per heavy atom. The smallest absolute Gasteiger partial charge is 0.238 e. The van der Waals surface area contributed by atoms with Crippen molar-refractivity contribution in [3.05, 3.63) is 52.8 Å². The van der Waals surface area contributed by atoms with Gasteiger partial charge in [0.1, 0.15) is 17.2 Å². The van der Waals surface area contributed by atoms with Gasteiger partial charge in [0.25, 0.3) is 0 Å². The SMILES string of the molecule is O=C1N(Cc2nc3cc(Cl)cc(F)c3[nH]2)c2cnccc2C12CC2. The maximum Gasteiger partial charge on any atom is 0.238 e. The number of amides is 1. The first-order valence-electron chi connectivity index (χ1n) is 7.69. The molecule has 2 aliphatic rings. The molecule has 1 amide bonds. The van der Waals surface area contributed by atoms with E-state index in [1.165, 1.54) is 6.07 Å². The van der Waals surface area contributed by atoms with Crippen molar-refractivity contribution < 1.29 is 9.18 Å². The molecule has 7 heteroatoms. The molecule has 120 valence electrons. The van der Waals surface area contributed by atoms with Gasteiger partial charge in [0.05, 0.1) is 29.4 Å². The lowest BCUT2D eigenvalue weighted by molar-refractivity contribution is -0.120. The highest BCUT2D eigenvalue weighted by atomic mass is 35.5. The highest BCUT2D eigenvalue weighted by Crippen LogP contribution is 2.57. The number of nitrogens with zero attached hydrogens (tertiary/aromatic N) is 3. The van der Waals surface area contributed by atoms with Crippen molar-refractivity contribution in [1.82, 2.24) is 15.0 Å². The van der Waals surface area contributed by atoms with Crippen molar-refractivity contribution in [3.8, 4) is 0 Å². The fourth-order valence-corrected chi connectivity index (χ4v) is 3.77. The molecule has 0 saturated heterocycles. The van der Waals surface area contributed by atoms with Gasteiger partial charge in [-0.25, -0.2) is 9.37 Å². The lowest BCUT2D eigenvalue weighted by atomic mass is 9.99. The number of halogens is 2. The number of aromatic nitrogens is 3. The standard InChI is InChI=1S/C17H12ClFN4O/c18-9-5-11(19)15-12(6-9)21-14(22-15)8-23-13-7-20-4-1-10(13)17(2-3-17)16(23)24/h1,4-7H,2-3,8H2,(H,21,22). The van der Waals surface area contributed by atoms with E-state index in [-0.39, 0.29) is 17.9 Å². The second-order valence-electron chi connectivity index (χ2n) is 6.33. The minimum absolute atomic E-state index is 0.0736. The van der Waals surface area contributed by atoms with Gasteiger partial charge in [0.2, 0.25) is 5.91 Å². The van der Waals surface area contributed by atoms with E-state index in [4.69, 9.17) is 11.6 Å². The predicted octanol–water partition coefficient (Wildman–Crippen LogP) is 3.33. The first-order valence-corrected chi connectivity index (χ1v) is 8.06. The highest BCUT2D eigenvalue weighted by Gasteiger charge is 2.59. The molecule has 1 aliphatic carbocycles. The van der Waals surface area contributed by atoms with Gasteiger partial charge in [-0.05, 0) is 36.6 Å². The van der Waals surface area contributed by atoms with E-state index in [1.807, 2.05) is 6.07 Å². The molecule has 0 atom stereocenters. The molecule has 5 nitrogen and oxygen atoms in total. The van der Waals surface area contributed by atoms with Gasteiger partial charge < -0.3 is 9.88 Å². The number of nitrogens with one attached hydrogen (secondary N) is 1. The number of carbonyl (C=O) groups excluding carboxylic acids is 1. The Morgan fingerprint density at radius 1 is 1.38 bits per heavy atom. The fourth-order valence-electron chi connectivity index (χ4n) is 3.57. The fraction of sp³-hybridized carbons (Fsp3) is 0.235. The van der Waals surface area contributed by atoms with E-state index in [2.05, 4.69) is 15.0 Å². The monoisotopic (exact) mass is 342 g/mol. The summed E-state index contributed by atoms with van der Waals surface area (Å²) in [4.78, 5) is 26.0. The Labute approximate surface area is 141 Å². The van der Waals surface area contributed by atoms with Gasteiger partial charge in [-0.2, -0.15) is 0 Å². The number of benzene rings is 1. The van der Waals surface area contributed by atoms with Crippen LogP contribution in [0.5, 0.6) is 0 Å². The van der Waals surface area contributed by atoms with E-state index < -0.39 is 5.82 Å². The van der Waals surface area contributed by atoms with Crippen molar-refractivity contribution in [1.29, 1.82) is 0 Å². The largest absolute Gasteiger partial charge is 0.338 e.